The number of carbonyl (C=O) groups excluding carboxylic acids is 1. The van der Waals surface area contributed by atoms with Gasteiger partial charge in [0.15, 0.2) is 18.1 Å². The monoisotopic (exact) mass is 370 g/mol. The Morgan fingerprint density at radius 1 is 1.19 bits per heavy atom. The van der Waals surface area contributed by atoms with Gasteiger partial charge >= 0.3 is 0 Å². The highest BCUT2D eigenvalue weighted by Crippen LogP contribution is 2.27. The summed E-state index contributed by atoms with van der Waals surface area (Å²) in [6, 6.07) is 11.2. The fraction of sp³-hybridized carbons (Fsp3) is 0.333. The van der Waals surface area contributed by atoms with E-state index in [2.05, 4.69) is 10.5 Å². The molecule has 6 nitrogen and oxygen atoms in total. The van der Waals surface area contributed by atoms with E-state index >= 15 is 0 Å². The number of nitrogens with zero attached hydrogens (tertiary/aromatic N) is 1. The van der Waals surface area contributed by atoms with Crippen LogP contribution in [0, 0.1) is 13.8 Å². The average Bonchev–Trinajstić information content (AvgIpc) is 2.67. The van der Waals surface area contributed by atoms with E-state index in [0.717, 1.165) is 28.8 Å². The second-order valence-electron chi connectivity index (χ2n) is 6.06. The van der Waals surface area contributed by atoms with Crippen molar-refractivity contribution in [2.24, 2.45) is 5.16 Å². The minimum Gasteiger partial charge on any atom is -0.493 e. The lowest BCUT2D eigenvalue weighted by Gasteiger charge is -2.10. The average molecular weight is 370 g/mol. The first-order chi connectivity index (χ1) is 13.0. The van der Waals surface area contributed by atoms with E-state index in [4.69, 9.17) is 14.3 Å². The van der Waals surface area contributed by atoms with Gasteiger partial charge in [-0.25, -0.2) is 0 Å². The van der Waals surface area contributed by atoms with Crippen molar-refractivity contribution in [1.82, 2.24) is 0 Å². The van der Waals surface area contributed by atoms with Crippen molar-refractivity contribution in [3.05, 3.63) is 53.1 Å². The maximum atomic E-state index is 12.0. The molecule has 0 saturated carbocycles. The highest BCUT2D eigenvalue weighted by molar-refractivity contribution is 5.92. The lowest BCUT2D eigenvalue weighted by molar-refractivity contribution is -0.120. The lowest BCUT2D eigenvalue weighted by Crippen LogP contribution is -2.17. The van der Waals surface area contributed by atoms with E-state index in [0.29, 0.717) is 18.1 Å². The summed E-state index contributed by atoms with van der Waals surface area (Å²) >= 11 is 0. The van der Waals surface area contributed by atoms with Crippen LogP contribution in [-0.4, -0.2) is 32.4 Å². The quantitative estimate of drug-likeness (QED) is 0.533. The van der Waals surface area contributed by atoms with E-state index < -0.39 is 0 Å². The summed E-state index contributed by atoms with van der Waals surface area (Å²) in [6.07, 6.45) is 2.45. The molecule has 0 aliphatic heterocycles. The number of aryl methyl sites for hydroxylation is 1. The van der Waals surface area contributed by atoms with Gasteiger partial charge in [-0.15, -0.1) is 0 Å². The van der Waals surface area contributed by atoms with Crippen LogP contribution < -0.4 is 14.8 Å². The number of methoxy groups -OCH3 is 1. The number of hydrogen-bond acceptors (Lipinski definition) is 5. The lowest BCUT2D eigenvalue weighted by atomic mass is 10.1. The number of hydrogen-bond donors (Lipinski definition) is 1. The molecule has 27 heavy (non-hydrogen) atoms. The summed E-state index contributed by atoms with van der Waals surface area (Å²) < 4.78 is 10.9. The van der Waals surface area contributed by atoms with Gasteiger partial charge in [-0.2, -0.15) is 0 Å². The first kappa shape index (κ1) is 20.3. The summed E-state index contributed by atoms with van der Waals surface area (Å²) in [5.74, 6) is 1.05. The Morgan fingerprint density at radius 3 is 2.74 bits per heavy atom. The molecule has 2 aromatic carbocycles. The highest BCUT2D eigenvalue weighted by Gasteiger charge is 2.07. The molecule has 1 N–H and O–H groups in total. The zero-order valence-electron chi connectivity index (χ0n) is 16.2. The van der Waals surface area contributed by atoms with Crippen molar-refractivity contribution in [2.45, 2.75) is 27.2 Å². The Hall–Kier alpha value is -3.02. The number of anilines is 1. The Morgan fingerprint density at radius 2 is 2.00 bits per heavy atom. The van der Waals surface area contributed by atoms with Crippen LogP contribution >= 0.6 is 0 Å². The van der Waals surface area contributed by atoms with E-state index in [1.165, 1.54) is 6.21 Å². The van der Waals surface area contributed by atoms with Crippen LogP contribution in [-0.2, 0) is 9.63 Å². The molecule has 144 valence electrons. The predicted octanol–water partition coefficient (Wildman–Crippen LogP) is 4.09. The van der Waals surface area contributed by atoms with Crippen LogP contribution in [0.2, 0.25) is 0 Å². The van der Waals surface area contributed by atoms with Gasteiger partial charge in [0.25, 0.3) is 5.91 Å². The minimum atomic E-state index is -0.262. The second kappa shape index (κ2) is 10.2. The molecule has 0 unspecified atom stereocenters. The number of oxime groups is 1. The smallest absolute Gasteiger partial charge is 0.265 e. The van der Waals surface area contributed by atoms with Gasteiger partial charge in [-0.05, 0) is 55.7 Å². The molecule has 0 atom stereocenters. The summed E-state index contributed by atoms with van der Waals surface area (Å²) in [5, 5.41) is 6.67. The molecule has 2 rings (SSSR count). The normalized spacial score (nSPS) is 10.7. The minimum absolute atomic E-state index is 0.168. The molecule has 0 saturated heterocycles. The van der Waals surface area contributed by atoms with Gasteiger partial charge in [0.1, 0.15) is 0 Å². The van der Waals surface area contributed by atoms with Crippen LogP contribution in [0.3, 0.4) is 0 Å². The number of carbonyl (C=O) groups is 1. The fourth-order valence-corrected chi connectivity index (χ4v) is 2.36. The van der Waals surface area contributed by atoms with Crippen LogP contribution in [0.1, 0.15) is 30.0 Å². The molecule has 2 aromatic rings. The van der Waals surface area contributed by atoms with Crippen molar-refractivity contribution in [1.29, 1.82) is 0 Å². The molecular formula is C21H26N2O4. The summed E-state index contributed by atoms with van der Waals surface area (Å²) in [4.78, 5) is 17.1. The summed E-state index contributed by atoms with van der Waals surface area (Å²) in [7, 11) is 1.59. The Labute approximate surface area is 160 Å². The molecule has 0 aliphatic carbocycles. The Balaban J connectivity index is 1.88. The van der Waals surface area contributed by atoms with Crippen molar-refractivity contribution >= 4 is 17.8 Å². The number of nitrogens with one attached hydrogen (secondary N) is 1. The van der Waals surface area contributed by atoms with E-state index in [1.54, 1.807) is 13.2 Å². The van der Waals surface area contributed by atoms with E-state index in [-0.39, 0.29) is 12.5 Å². The standard InChI is InChI=1S/C21H26N2O4/c1-5-11-26-19-10-9-17(12-20(19)25-4)13-22-27-14-21(24)23-18-8-6-7-15(2)16(18)3/h6-10,12-13H,5,11,14H2,1-4H3,(H,23,24)/b22-13+. The molecule has 6 heteroatoms. The zero-order chi connectivity index (χ0) is 19.6. The molecule has 0 spiro atoms. The number of benzene rings is 2. The van der Waals surface area contributed by atoms with Gasteiger partial charge in [0.2, 0.25) is 0 Å². The molecule has 0 aliphatic rings. The molecule has 0 heterocycles. The first-order valence-electron chi connectivity index (χ1n) is 8.87. The van der Waals surface area contributed by atoms with Crippen LogP contribution in [0.5, 0.6) is 11.5 Å². The number of amides is 1. The summed E-state index contributed by atoms with van der Waals surface area (Å²) in [5.41, 5.74) is 3.71. The third-order valence-corrected chi connectivity index (χ3v) is 4.00. The molecule has 0 radical (unpaired) electrons. The molecule has 1 amide bonds. The first-order valence-corrected chi connectivity index (χ1v) is 8.87. The van der Waals surface area contributed by atoms with Gasteiger partial charge in [-0.3, -0.25) is 4.79 Å². The largest absolute Gasteiger partial charge is 0.493 e. The van der Waals surface area contributed by atoms with Crippen LogP contribution in [0.15, 0.2) is 41.6 Å². The van der Waals surface area contributed by atoms with E-state index in [9.17, 15) is 4.79 Å². The van der Waals surface area contributed by atoms with Crippen LogP contribution in [0.4, 0.5) is 5.69 Å². The Bertz CT molecular complexity index is 803. The third kappa shape index (κ3) is 6.02. The number of ether oxygens (including phenoxy) is 2. The van der Waals surface area contributed by atoms with Crippen molar-refractivity contribution in [3.8, 4) is 11.5 Å². The maximum Gasteiger partial charge on any atom is 0.265 e. The SMILES string of the molecule is CCCOc1ccc(/C=N/OCC(=O)Nc2cccc(C)c2C)cc1OC. The second-order valence-corrected chi connectivity index (χ2v) is 6.06. The van der Waals surface area contributed by atoms with Crippen molar-refractivity contribution in [3.63, 3.8) is 0 Å². The maximum absolute atomic E-state index is 12.0. The molecular weight excluding hydrogens is 344 g/mol. The van der Waals surface area contributed by atoms with Gasteiger partial charge in [0.05, 0.1) is 19.9 Å². The number of rotatable bonds is 9. The van der Waals surface area contributed by atoms with Crippen LogP contribution in [0.25, 0.3) is 0 Å². The zero-order valence-corrected chi connectivity index (χ0v) is 16.2. The Kier molecular flexibility index (Phi) is 7.67. The highest BCUT2D eigenvalue weighted by atomic mass is 16.6. The predicted molar refractivity (Wildman–Crippen MR) is 107 cm³/mol. The van der Waals surface area contributed by atoms with Gasteiger partial charge < -0.3 is 19.6 Å². The van der Waals surface area contributed by atoms with Crippen molar-refractivity contribution < 1.29 is 19.1 Å². The van der Waals surface area contributed by atoms with E-state index in [1.807, 2.05) is 51.1 Å². The molecule has 0 fully saturated rings. The van der Waals surface area contributed by atoms with Gasteiger partial charge in [-0.1, -0.05) is 24.2 Å². The topological polar surface area (TPSA) is 69.2 Å². The fourth-order valence-electron chi connectivity index (χ4n) is 2.36. The van der Waals surface area contributed by atoms with Gasteiger partial charge in [0, 0.05) is 11.3 Å². The summed E-state index contributed by atoms with van der Waals surface area (Å²) in [6.45, 7) is 6.46. The molecule has 0 bridgehead atoms. The molecule has 0 aromatic heterocycles. The third-order valence-electron chi connectivity index (χ3n) is 4.00. The van der Waals surface area contributed by atoms with Crippen molar-refractivity contribution in [2.75, 3.05) is 25.6 Å².